The fourth-order valence-electron chi connectivity index (χ4n) is 1.29. The number of hydrogen-bond donors (Lipinski definition) is 2. The van der Waals surface area contributed by atoms with Gasteiger partial charge in [-0.1, -0.05) is 20.8 Å². The first-order valence-electron chi connectivity index (χ1n) is 4.46. The summed E-state index contributed by atoms with van der Waals surface area (Å²) in [6.45, 7) is 6.25. The van der Waals surface area contributed by atoms with Gasteiger partial charge in [-0.2, -0.15) is 0 Å². The zero-order valence-electron chi connectivity index (χ0n) is 8.68. The zero-order chi connectivity index (χ0) is 10.1. The number of rotatable bonds is 1. The van der Waals surface area contributed by atoms with Gasteiger partial charge in [0.15, 0.2) is 0 Å². The second kappa shape index (κ2) is 3.29. The molecule has 0 atom stereocenters. The highest BCUT2D eigenvalue weighted by molar-refractivity contribution is 5.52. The number of nitrogens with one attached hydrogen (secondary N) is 1. The van der Waals surface area contributed by atoms with Crippen molar-refractivity contribution in [1.82, 2.24) is 0 Å². The van der Waals surface area contributed by atoms with Crippen LogP contribution in [-0.4, -0.2) is 12.2 Å². The van der Waals surface area contributed by atoms with Gasteiger partial charge in [-0.15, -0.1) is 0 Å². The van der Waals surface area contributed by atoms with Crippen LogP contribution in [0.15, 0.2) is 18.2 Å². The molecule has 72 valence electrons. The van der Waals surface area contributed by atoms with Crippen molar-refractivity contribution in [2.24, 2.45) is 0 Å². The second-order valence-corrected chi connectivity index (χ2v) is 4.23. The monoisotopic (exact) mass is 179 g/mol. The Labute approximate surface area is 79.6 Å². The highest BCUT2D eigenvalue weighted by Crippen LogP contribution is 2.32. The molecular formula is C11H17NO. The van der Waals surface area contributed by atoms with Crippen molar-refractivity contribution in [3.63, 3.8) is 0 Å². The second-order valence-electron chi connectivity index (χ2n) is 4.23. The molecule has 0 saturated carbocycles. The molecule has 0 heterocycles. The van der Waals surface area contributed by atoms with Crippen LogP contribution in [0.1, 0.15) is 26.3 Å². The van der Waals surface area contributed by atoms with Gasteiger partial charge in [0.2, 0.25) is 0 Å². The molecule has 0 bridgehead atoms. The van der Waals surface area contributed by atoms with Gasteiger partial charge in [-0.05, 0) is 23.6 Å². The number of phenols is 1. The molecule has 0 radical (unpaired) electrons. The summed E-state index contributed by atoms with van der Waals surface area (Å²) in [5, 5.41) is 12.7. The topological polar surface area (TPSA) is 32.3 Å². The largest absolute Gasteiger partial charge is 0.508 e. The summed E-state index contributed by atoms with van der Waals surface area (Å²) >= 11 is 0. The maximum absolute atomic E-state index is 9.64. The van der Waals surface area contributed by atoms with Crippen molar-refractivity contribution in [3.05, 3.63) is 23.8 Å². The summed E-state index contributed by atoms with van der Waals surface area (Å²) in [7, 11) is 1.87. The minimum Gasteiger partial charge on any atom is -0.508 e. The van der Waals surface area contributed by atoms with Gasteiger partial charge in [0, 0.05) is 18.3 Å². The van der Waals surface area contributed by atoms with E-state index in [1.165, 1.54) is 0 Å². The Kier molecular flexibility index (Phi) is 2.50. The summed E-state index contributed by atoms with van der Waals surface area (Å²) in [4.78, 5) is 0. The molecule has 0 unspecified atom stereocenters. The molecule has 0 amide bonds. The highest BCUT2D eigenvalue weighted by Gasteiger charge is 2.17. The third-order valence-electron chi connectivity index (χ3n) is 2.09. The number of hydrogen-bond acceptors (Lipinski definition) is 2. The van der Waals surface area contributed by atoms with Gasteiger partial charge in [0.25, 0.3) is 0 Å². The summed E-state index contributed by atoms with van der Waals surface area (Å²) in [5.74, 6) is 0.367. The molecular weight excluding hydrogens is 162 g/mol. The van der Waals surface area contributed by atoms with Crippen LogP contribution in [0.3, 0.4) is 0 Å². The van der Waals surface area contributed by atoms with Crippen molar-refractivity contribution in [1.29, 1.82) is 0 Å². The maximum Gasteiger partial charge on any atom is 0.119 e. The van der Waals surface area contributed by atoms with Crippen molar-refractivity contribution >= 4 is 5.69 Å². The molecule has 0 aliphatic carbocycles. The van der Waals surface area contributed by atoms with Crippen LogP contribution in [0.4, 0.5) is 5.69 Å². The van der Waals surface area contributed by atoms with Gasteiger partial charge in [-0.3, -0.25) is 0 Å². The van der Waals surface area contributed by atoms with Crippen LogP contribution in [0, 0.1) is 0 Å². The average molecular weight is 179 g/mol. The molecule has 2 nitrogen and oxygen atoms in total. The van der Waals surface area contributed by atoms with Crippen LogP contribution in [0.25, 0.3) is 0 Å². The lowest BCUT2D eigenvalue weighted by molar-refractivity contribution is 0.447. The van der Waals surface area contributed by atoms with Crippen molar-refractivity contribution in [2.45, 2.75) is 26.2 Å². The van der Waals surface area contributed by atoms with Crippen LogP contribution < -0.4 is 5.32 Å². The summed E-state index contributed by atoms with van der Waals surface area (Å²) < 4.78 is 0. The molecule has 0 spiro atoms. The molecule has 0 fully saturated rings. The van der Waals surface area contributed by atoms with Gasteiger partial charge in [-0.25, -0.2) is 0 Å². The summed E-state index contributed by atoms with van der Waals surface area (Å²) in [6, 6.07) is 5.58. The van der Waals surface area contributed by atoms with Gasteiger partial charge in [0.1, 0.15) is 5.75 Å². The van der Waals surface area contributed by atoms with E-state index < -0.39 is 0 Å². The van der Waals surface area contributed by atoms with Gasteiger partial charge < -0.3 is 10.4 Å². The molecule has 1 rings (SSSR count). The first kappa shape index (κ1) is 9.90. The third-order valence-corrected chi connectivity index (χ3v) is 2.09. The Morgan fingerprint density at radius 3 is 2.31 bits per heavy atom. The predicted molar refractivity (Wildman–Crippen MR) is 56.4 cm³/mol. The average Bonchev–Trinajstić information content (AvgIpc) is 2.03. The first-order valence-corrected chi connectivity index (χ1v) is 4.46. The molecule has 1 aromatic carbocycles. The minimum absolute atomic E-state index is 0.0169. The maximum atomic E-state index is 9.64. The predicted octanol–water partition coefficient (Wildman–Crippen LogP) is 2.73. The first-order chi connectivity index (χ1) is 5.95. The van der Waals surface area contributed by atoms with Crippen LogP contribution in [0.2, 0.25) is 0 Å². The Morgan fingerprint density at radius 2 is 1.85 bits per heavy atom. The summed E-state index contributed by atoms with van der Waals surface area (Å²) in [6.07, 6.45) is 0. The van der Waals surface area contributed by atoms with Crippen molar-refractivity contribution in [3.8, 4) is 5.75 Å². The van der Waals surface area contributed by atoms with E-state index in [2.05, 4.69) is 26.1 Å². The van der Waals surface area contributed by atoms with Gasteiger partial charge >= 0.3 is 0 Å². The van der Waals surface area contributed by atoms with E-state index in [4.69, 9.17) is 0 Å². The fourth-order valence-corrected chi connectivity index (χ4v) is 1.29. The lowest BCUT2D eigenvalue weighted by Gasteiger charge is -2.21. The molecule has 2 N–H and O–H groups in total. The molecule has 0 saturated heterocycles. The Balaban J connectivity index is 3.19. The quantitative estimate of drug-likeness (QED) is 0.650. The van der Waals surface area contributed by atoms with E-state index in [0.29, 0.717) is 5.75 Å². The lowest BCUT2D eigenvalue weighted by Crippen LogP contribution is -2.11. The van der Waals surface area contributed by atoms with E-state index in [9.17, 15) is 5.11 Å². The number of phenolic OH excluding ortho intramolecular Hbond substituents is 1. The third kappa shape index (κ3) is 2.14. The molecule has 1 aromatic rings. The van der Waals surface area contributed by atoms with Gasteiger partial charge in [0.05, 0.1) is 0 Å². The van der Waals surface area contributed by atoms with Crippen molar-refractivity contribution < 1.29 is 5.11 Å². The van der Waals surface area contributed by atoms with Crippen LogP contribution in [-0.2, 0) is 5.41 Å². The Bertz CT molecular complexity index is 299. The van der Waals surface area contributed by atoms with E-state index >= 15 is 0 Å². The molecule has 2 heteroatoms. The van der Waals surface area contributed by atoms with Crippen molar-refractivity contribution in [2.75, 3.05) is 12.4 Å². The number of aromatic hydroxyl groups is 1. The minimum atomic E-state index is -0.0169. The lowest BCUT2D eigenvalue weighted by atomic mass is 9.86. The standard InChI is InChI=1S/C11H17NO/c1-11(2,3)9-7-8(12-4)5-6-10(9)13/h5-7,12-13H,1-4H3. The van der Waals surface area contributed by atoms with Crippen LogP contribution in [0.5, 0.6) is 5.75 Å². The van der Waals surface area contributed by atoms with E-state index in [1.54, 1.807) is 6.07 Å². The van der Waals surface area contributed by atoms with E-state index in [-0.39, 0.29) is 5.41 Å². The Hall–Kier alpha value is -1.18. The normalized spacial score (nSPS) is 11.4. The zero-order valence-corrected chi connectivity index (χ0v) is 8.68. The fraction of sp³-hybridized carbons (Fsp3) is 0.455. The molecule has 0 aliphatic rings. The molecule has 0 aromatic heterocycles. The number of benzene rings is 1. The number of anilines is 1. The smallest absolute Gasteiger partial charge is 0.119 e. The molecule has 0 aliphatic heterocycles. The molecule has 13 heavy (non-hydrogen) atoms. The SMILES string of the molecule is CNc1ccc(O)c(C(C)(C)C)c1. The summed E-state index contributed by atoms with van der Waals surface area (Å²) in [5.41, 5.74) is 1.99. The highest BCUT2D eigenvalue weighted by atomic mass is 16.3. The van der Waals surface area contributed by atoms with E-state index in [0.717, 1.165) is 11.3 Å². The Morgan fingerprint density at radius 1 is 1.23 bits per heavy atom. The van der Waals surface area contributed by atoms with E-state index in [1.807, 2.05) is 19.2 Å². The van der Waals surface area contributed by atoms with Crippen LogP contribution >= 0.6 is 0 Å².